The van der Waals surface area contributed by atoms with Crippen molar-refractivity contribution in [2.24, 2.45) is 0 Å². The van der Waals surface area contributed by atoms with E-state index in [2.05, 4.69) is 21.2 Å². The predicted octanol–water partition coefficient (Wildman–Crippen LogP) is 4.12. The summed E-state index contributed by atoms with van der Waals surface area (Å²) in [6, 6.07) is 12.8. The molecule has 1 fully saturated rings. The molecule has 136 valence electrons. The zero-order valence-corrected chi connectivity index (χ0v) is 16.6. The van der Waals surface area contributed by atoms with Crippen LogP contribution in [0, 0.1) is 6.92 Å². The van der Waals surface area contributed by atoms with E-state index in [9.17, 15) is 9.59 Å². The van der Waals surface area contributed by atoms with E-state index in [1.54, 1.807) is 7.11 Å². The van der Waals surface area contributed by atoms with Crippen molar-refractivity contribution in [1.82, 2.24) is 10.2 Å². The van der Waals surface area contributed by atoms with E-state index < -0.39 is 5.54 Å². The minimum absolute atomic E-state index is 0.225. The molecule has 2 aromatic rings. The van der Waals surface area contributed by atoms with Gasteiger partial charge >= 0.3 is 6.03 Å². The van der Waals surface area contributed by atoms with Gasteiger partial charge < -0.3 is 10.1 Å². The summed E-state index contributed by atoms with van der Waals surface area (Å²) in [7, 11) is 1.61. The van der Waals surface area contributed by atoms with E-state index in [-0.39, 0.29) is 18.5 Å². The summed E-state index contributed by atoms with van der Waals surface area (Å²) >= 11 is 3.39. The Bertz CT molecular complexity index is 851. The number of ether oxygens (including phenoxy) is 1. The third kappa shape index (κ3) is 3.09. The van der Waals surface area contributed by atoms with Crippen molar-refractivity contribution in [3.8, 4) is 5.75 Å². The fourth-order valence-corrected chi connectivity index (χ4v) is 3.59. The molecule has 1 aliphatic heterocycles. The lowest BCUT2D eigenvalue weighted by Crippen LogP contribution is -2.43. The lowest BCUT2D eigenvalue weighted by Gasteiger charge is -2.26. The number of halogens is 1. The molecule has 1 aliphatic rings. The van der Waals surface area contributed by atoms with Crippen molar-refractivity contribution < 1.29 is 14.3 Å². The van der Waals surface area contributed by atoms with Gasteiger partial charge in [-0.25, -0.2) is 4.79 Å². The second kappa shape index (κ2) is 7.11. The van der Waals surface area contributed by atoms with Crippen LogP contribution < -0.4 is 10.1 Å². The van der Waals surface area contributed by atoms with E-state index in [4.69, 9.17) is 4.74 Å². The normalized spacial score (nSPS) is 19.6. The lowest BCUT2D eigenvalue weighted by molar-refractivity contribution is -0.132. The maximum Gasteiger partial charge on any atom is 0.325 e. The fourth-order valence-electron chi connectivity index (χ4n) is 3.33. The second-order valence-electron chi connectivity index (χ2n) is 6.39. The van der Waals surface area contributed by atoms with Gasteiger partial charge in [-0.1, -0.05) is 41.1 Å². The monoisotopic (exact) mass is 416 g/mol. The number of methoxy groups -OCH3 is 1. The van der Waals surface area contributed by atoms with E-state index in [0.717, 1.165) is 26.9 Å². The first-order valence-corrected chi connectivity index (χ1v) is 9.24. The fraction of sp³-hybridized carbons (Fsp3) is 0.300. The Morgan fingerprint density at radius 3 is 2.42 bits per heavy atom. The third-order valence-electron chi connectivity index (χ3n) is 4.85. The largest absolute Gasteiger partial charge is 0.496 e. The average Bonchev–Trinajstić information content (AvgIpc) is 2.88. The van der Waals surface area contributed by atoms with Crippen molar-refractivity contribution in [1.29, 1.82) is 0 Å². The number of amides is 3. The number of rotatable bonds is 5. The van der Waals surface area contributed by atoms with Gasteiger partial charge in [-0.3, -0.25) is 9.69 Å². The van der Waals surface area contributed by atoms with Crippen LogP contribution in [-0.2, 0) is 16.9 Å². The summed E-state index contributed by atoms with van der Waals surface area (Å²) in [5.41, 5.74) is 1.56. The number of carbonyl (C=O) groups excluding carboxylic acids is 2. The number of hydrogen-bond donors (Lipinski definition) is 1. The first kappa shape index (κ1) is 18.5. The van der Waals surface area contributed by atoms with Crippen LogP contribution in [0.25, 0.3) is 0 Å². The SMILES string of the molecule is CCC1(c2ccc(OC)c(C)c2)NC(=O)N(Cc2ccc(Br)cc2)C1=O. The van der Waals surface area contributed by atoms with E-state index >= 15 is 0 Å². The molecule has 1 unspecified atom stereocenters. The van der Waals surface area contributed by atoms with Crippen LogP contribution in [-0.4, -0.2) is 23.9 Å². The number of benzene rings is 2. The first-order chi connectivity index (χ1) is 12.4. The summed E-state index contributed by atoms with van der Waals surface area (Å²) in [5, 5.41) is 2.92. The summed E-state index contributed by atoms with van der Waals surface area (Å²) in [4.78, 5) is 27.1. The highest BCUT2D eigenvalue weighted by atomic mass is 79.9. The molecule has 5 nitrogen and oxygen atoms in total. The van der Waals surface area contributed by atoms with Gasteiger partial charge in [0.15, 0.2) is 0 Å². The number of urea groups is 1. The van der Waals surface area contributed by atoms with Gasteiger partial charge in [0.2, 0.25) is 0 Å². The topological polar surface area (TPSA) is 58.6 Å². The highest BCUT2D eigenvalue weighted by Gasteiger charge is 2.51. The first-order valence-electron chi connectivity index (χ1n) is 8.45. The van der Waals surface area contributed by atoms with E-state index in [1.807, 2.05) is 56.3 Å². The molecule has 3 rings (SSSR count). The smallest absolute Gasteiger partial charge is 0.325 e. The van der Waals surface area contributed by atoms with Crippen LogP contribution in [0.2, 0.25) is 0 Å². The molecule has 1 heterocycles. The molecular formula is C20H21BrN2O3. The van der Waals surface area contributed by atoms with Crippen molar-refractivity contribution in [2.75, 3.05) is 7.11 Å². The molecule has 0 aromatic heterocycles. The van der Waals surface area contributed by atoms with Gasteiger partial charge in [0, 0.05) is 4.47 Å². The third-order valence-corrected chi connectivity index (χ3v) is 5.38. The molecule has 3 amide bonds. The van der Waals surface area contributed by atoms with Crippen LogP contribution in [0.5, 0.6) is 5.75 Å². The predicted molar refractivity (Wildman–Crippen MR) is 103 cm³/mol. The molecule has 6 heteroatoms. The molecule has 2 aromatic carbocycles. The van der Waals surface area contributed by atoms with E-state index in [0.29, 0.717) is 6.42 Å². The Morgan fingerprint density at radius 2 is 1.85 bits per heavy atom. The van der Waals surface area contributed by atoms with Crippen molar-refractivity contribution in [3.63, 3.8) is 0 Å². The van der Waals surface area contributed by atoms with Gasteiger partial charge in [-0.2, -0.15) is 0 Å². The highest BCUT2D eigenvalue weighted by molar-refractivity contribution is 9.10. The molecule has 0 bridgehead atoms. The number of nitrogens with one attached hydrogen (secondary N) is 1. The number of imide groups is 1. The molecule has 0 radical (unpaired) electrons. The van der Waals surface area contributed by atoms with Gasteiger partial charge in [-0.05, 0) is 54.3 Å². The van der Waals surface area contributed by atoms with Gasteiger partial charge in [0.25, 0.3) is 5.91 Å². The standard InChI is InChI=1S/C20H21BrN2O3/c1-4-20(15-7-10-17(26-3)13(2)11-15)18(24)23(19(25)22-20)12-14-5-8-16(21)9-6-14/h5-11H,4,12H2,1-3H3,(H,22,25). The average molecular weight is 417 g/mol. The minimum atomic E-state index is -1.04. The molecule has 0 spiro atoms. The summed E-state index contributed by atoms with van der Waals surface area (Å²) in [5.74, 6) is 0.529. The number of nitrogens with zero attached hydrogens (tertiary/aromatic N) is 1. The summed E-state index contributed by atoms with van der Waals surface area (Å²) in [6.45, 7) is 4.07. The molecule has 1 atom stereocenters. The Balaban J connectivity index is 1.94. The number of hydrogen-bond acceptors (Lipinski definition) is 3. The zero-order chi connectivity index (χ0) is 18.9. The van der Waals surface area contributed by atoms with Crippen molar-refractivity contribution in [2.45, 2.75) is 32.4 Å². The molecule has 1 saturated heterocycles. The minimum Gasteiger partial charge on any atom is -0.496 e. The Kier molecular flexibility index (Phi) is 5.05. The highest BCUT2D eigenvalue weighted by Crippen LogP contribution is 2.35. The number of aryl methyl sites for hydroxylation is 1. The van der Waals surface area contributed by atoms with Gasteiger partial charge in [0.1, 0.15) is 11.3 Å². The maximum absolute atomic E-state index is 13.2. The van der Waals surface area contributed by atoms with Crippen LogP contribution in [0.3, 0.4) is 0 Å². The molecule has 26 heavy (non-hydrogen) atoms. The Morgan fingerprint density at radius 1 is 1.15 bits per heavy atom. The van der Waals surface area contributed by atoms with Gasteiger partial charge in [-0.15, -0.1) is 0 Å². The molecule has 0 aliphatic carbocycles. The van der Waals surface area contributed by atoms with Crippen molar-refractivity contribution in [3.05, 3.63) is 63.6 Å². The van der Waals surface area contributed by atoms with Crippen LogP contribution in [0.15, 0.2) is 46.9 Å². The van der Waals surface area contributed by atoms with Crippen LogP contribution in [0.4, 0.5) is 4.79 Å². The molecule has 0 saturated carbocycles. The lowest BCUT2D eigenvalue weighted by atomic mass is 9.86. The quantitative estimate of drug-likeness (QED) is 0.745. The summed E-state index contributed by atoms with van der Waals surface area (Å²) in [6.07, 6.45) is 0.472. The van der Waals surface area contributed by atoms with Gasteiger partial charge in [0.05, 0.1) is 13.7 Å². The zero-order valence-electron chi connectivity index (χ0n) is 15.0. The Labute approximate surface area is 161 Å². The Hall–Kier alpha value is -2.34. The van der Waals surface area contributed by atoms with Crippen LogP contribution >= 0.6 is 15.9 Å². The van der Waals surface area contributed by atoms with Crippen molar-refractivity contribution >= 4 is 27.9 Å². The number of carbonyl (C=O) groups is 2. The second-order valence-corrected chi connectivity index (χ2v) is 7.31. The molecular weight excluding hydrogens is 396 g/mol. The van der Waals surface area contributed by atoms with Crippen LogP contribution in [0.1, 0.15) is 30.0 Å². The van der Waals surface area contributed by atoms with E-state index in [1.165, 1.54) is 4.90 Å². The molecule has 1 N–H and O–H groups in total. The summed E-state index contributed by atoms with van der Waals surface area (Å²) < 4.78 is 6.25. The maximum atomic E-state index is 13.2.